The Morgan fingerprint density at radius 1 is 1.12 bits per heavy atom. The summed E-state index contributed by atoms with van der Waals surface area (Å²) in [4.78, 5) is 24.5. The van der Waals surface area contributed by atoms with Crippen LogP contribution in [0.4, 0.5) is 4.39 Å². The molecule has 0 bridgehead atoms. The van der Waals surface area contributed by atoms with Crippen LogP contribution in [0.3, 0.4) is 0 Å². The molecule has 2 rings (SSSR count). The molecule has 1 unspecified atom stereocenters. The smallest absolute Gasteiger partial charge is 0.263 e. The zero-order valence-electron chi connectivity index (χ0n) is 9.81. The lowest BCUT2D eigenvalue weighted by Crippen LogP contribution is -2.37. The molecule has 0 aromatic heterocycles. The molecule has 0 aliphatic carbocycles. The Balaban J connectivity index is 2.30. The van der Waals surface area contributed by atoms with Crippen molar-refractivity contribution in [1.82, 2.24) is 4.90 Å². The summed E-state index contributed by atoms with van der Waals surface area (Å²) in [5, 5.41) is 0. The number of nitrogens with zero attached hydrogens (tertiary/aromatic N) is 1. The summed E-state index contributed by atoms with van der Waals surface area (Å²) in [7, 11) is 0. The first kappa shape index (κ1) is 11.8. The van der Waals surface area contributed by atoms with E-state index in [2.05, 4.69) is 0 Å². The normalized spacial score (nSPS) is 16.6. The second-order valence-electron chi connectivity index (χ2n) is 4.59. The maximum Gasteiger partial charge on any atom is 0.263 e. The van der Waals surface area contributed by atoms with Crippen molar-refractivity contribution >= 4 is 11.8 Å². The Morgan fingerprint density at radius 2 is 1.59 bits per heavy atom. The monoisotopic (exact) mass is 235 g/mol. The number of carbonyl (C=O) groups excluding carboxylic acids is 2. The summed E-state index contributed by atoms with van der Waals surface area (Å²) >= 11 is 0. The van der Waals surface area contributed by atoms with Gasteiger partial charge in [0.05, 0.1) is 11.1 Å². The largest absolute Gasteiger partial charge is 0.268 e. The van der Waals surface area contributed by atoms with Gasteiger partial charge in [-0.05, 0) is 18.1 Å². The Hall–Kier alpha value is -1.71. The number of alkyl halides is 1. The number of amides is 2. The van der Waals surface area contributed by atoms with Crippen LogP contribution in [0.1, 0.15) is 41.0 Å². The Kier molecular flexibility index (Phi) is 2.96. The van der Waals surface area contributed by atoms with E-state index in [0.717, 1.165) is 4.90 Å². The number of rotatable bonds is 3. The van der Waals surface area contributed by atoms with E-state index in [9.17, 15) is 14.0 Å². The lowest BCUT2D eigenvalue weighted by atomic mass is 10.1. The van der Waals surface area contributed by atoms with Gasteiger partial charge in [-0.2, -0.15) is 0 Å². The van der Waals surface area contributed by atoms with Crippen LogP contribution in [0.15, 0.2) is 24.3 Å². The Bertz CT molecular complexity index is 435. The lowest BCUT2D eigenvalue weighted by molar-refractivity contribution is 0.0375. The number of carbonyl (C=O) groups is 2. The van der Waals surface area contributed by atoms with Gasteiger partial charge in [0.2, 0.25) is 0 Å². The summed E-state index contributed by atoms with van der Waals surface area (Å²) in [6.45, 7) is 3.70. The zero-order chi connectivity index (χ0) is 12.6. The predicted octanol–water partition coefficient (Wildman–Crippen LogP) is 2.62. The number of imide groups is 1. The third kappa shape index (κ3) is 1.95. The summed E-state index contributed by atoms with van der Waals surface area (Å²) < 4.78 is 13.9. The van der Waals surface area contributed by atoms with Crippen LogP contribution in [-0.2, 0) is 0 Å². The molecule has 90 valence electrons. The van der Waals surface area contributed by atoms with Crippen molar-refractivity contribution in [3.05, 3.63) is 35.4 Å². The van der Waals surface area contributed by atoms with Crippen LogP contribution >= 0.6 is 0 Å². The minimum Gasteiger partial charge on any atom is -0.268 e. The fourth-order valence-corrected chi connectivity index (χ4v) is 1.96. The quantitative estimate of drug-likeness (QED) is 0.596. The third-order valence-electron chi connectivity index (χ3n) is 2.77. The second kappa shape index (κ2) is 4.28. The van der Waals surface area contributed by atoms with E-state index in [1.54, 1.807) is 24.3 Å². The highest BCUT2D eigenvalue weighted by atomic mass is 19.1. The molecule has 1 aromatic carbocycles. The highest BCUT2D eigenvalue weighted by molar-refractivity contribution is 6.21. The van der Waals surface area contributed by atoms with Crippen molar-refractivity contribution in [3.8, 4) is 0 Å². The van der Waals surface area contributed by atoms with Crippen LogP contribution < -0.4 is 0 Å². The van der Waals surface area contributed by atoms with E-state index in [0.29, 0.717) is 11.1 Å². The first-order valence-corrected chi connectivity index (χ1v) is 5.63. The molecule has 3 nitrogen and oxygen atoms in total. The Morgan fingerprint density at radius 3 is 2.00 bits per heavy atom. The summed E-state index contributed by atoms with van der Waals surface area (Å²) in [5.74, 6) is -0.966. The molecular weight excluding hydrogens is 221 g/mol. The highest BCUT2D eigenvalue weighted by Crippen LogP contribution is 2.27. The van der Waals surface area contributed by atoms with Crippen molar-refractivity contribution in [3.63, 3.8) is 0 Å². The average Bonchev–Trinajstić information content (AvgIpc) is 2.51. The molecule has 2 amide bonds. The molecule has 17 heavy (non-hydrogen) atoms. The summed E-state index contributed by atoms with van der Waals surface area (Å²) in [6, 6.07) is 6.45. The van der Waals surface area contributed by atoms with Crippen LogP contribution in [0.25, 0.3) is 0 Å². The van der Waals surface area contributed by atoms with Crippen molar-refractivity contribution < 1.29 is 14.0 Å². The highest BCUT2D eigenvalue weighted by Gasteiger charge is 2.39. The molecule has 0 N–H and O–H groups in total. The van der Waals surface area contributed by atoms with Crippen molar-refractivity contribution in [2.24, 2.45) is 5.92 Å². The first-order chi connectivity index (χ1) is 8.02. The fourth-order valence-electron chi connectivity index (χ4n) is 1.96. The van der Waals surface area contributed by atoms with Gasteiger partial charge in [-0.3, -0.25) is 9.59 Å². The van der Waals surface area contributed by atoms with Gasteiger partial charge in [0.25, 0.3) is 11.8 Å². The zero-order valence-corrected chi connectivity index (χ0v) is 9.81. The second-order valence-corrected chi connectivity index (χ2v) is 4.59. The van der Waals surface area contributed by atoms with Gasteiger partial charge in [-0.25, -0.2) is 9.29 Å². The molecule has 0 radical (unpaired) electrons. The van der Waals surface area contributed by atoms with E-state index in [1.807, 2.05) is 13.8 Å². The van der Waals surface area contributed by atoms with Crippen molar-refractivity contribution in [2.45, 2.75) is 26.6 Å². The summed E-state index contributed by atoms with van der Waals surface area (Å²) in [5.41, 5.74) is 0.591. The van der Waals surface area contributed by atoms with Gasteiger partial charge in [0.15, 0.2) is 6.30 Å². The number of halogens is 1. The summed E-state index contributed by atoms with van der Waals surface area (Å²) in [6.07, 6.45) is -1.37. The topological polar surface area (TPSA) is 37.4 Å². The molecule has 1 atom stereocenters. The maximum absolute atomic E-state index is 13.9. The minimum atomic E-state index is -1.54. The molecule has 1 heterocycles. The maximum atomic E-state index is 13.9. The number of benzene rings is 1. The van der Waals surface area contributed by atoms with E-state index in [1.165, 1.54) is 0 Å². The molecule has 0 saturated heterocycles. The SMILES string of the molecule is CC(C)CC(F)N1C(=O)c2ccccc2C1=O. The van der Waals surface area contributed by atoms with E-state index < -0.39 is 18.1 Å². The molecule has 0 spiro atoms. The number of hydrogen-bond acceptors (Lipinski definition) is 2. The van der Waals surface area contributed by atoms with Crippen molar-refractivity contribution in [2.75, 3.05) is 0 Å². The molecule has 0 fully saturated rings. The molecule has 0 saturated carbocycles. The van der Waals surface area contributed by atoms with E-state index >= 15 is 0 Å². The van der Waals surface area contributed by atoms with E-state index in [4.69, 9.17) is 0 Å². The van der Waals surface area contributed by atoms with Gasteiger partial charge in [-0.1, -0.05) is 26.0 Å². The van der Waals surface area contributed by atoms with E-state index in [-0.39, 0.29) is 12.3 Å². The molecule has 1 aliphatic heterocycles. The van der Waals surface area contributed by atoms with Crippen molar-refractivity contribution in [1.29, 1.82) is 0 Å². The standard InChI is InChI=1S/C13H14FNO2/c1-8(2)7-11(14)15-12(16)9-5-3-4-6-10(9)13(15)17/h3-6,8,11H,7H2,1-2H3. The van der Waals surface area contributed by atoms with Gasteiger partial charge in [-0.15, -0.1) is 0 Å². The number of hydrogen-bond donors (Lipinski definition) is 0. The molecular formula is C13H14FNO2. The first-order valence-electron chi connectivity index (χ1n) is 5.63. The van der Waals surface area contributed by atoms with Gasteiger partial charge in [0, 0.05) is 6.42 Å². The fraction of sp³-hybridized carbons (Fsp3) is 0.385. The molecule has 4 heteroatoms. The lowest BCUT2D eigenvalue weighted by Gasteiger charge is -2.20. The van der Waals surface area contributed by atoms with Gasteiger partial charge in [0.1, 0.15) is 0 Å². The van der Waals surface area contributed by atoms with Gasteiger partial charge < -0.3 is 0 Å². The Labute approximate surface area is 99.2 Å². The van der Waals surface area contributed by atoms with Crippen LogP contribution in [0.2, 0.25) is 0 Å². The third-order valence-corrected chi connectivity index (χ3v) is 2.77. The predicted molar refractivity (Wildman–Crippen MR) is 61.3 cm³/mol. The van der Waals surface area contributed by atoms with Gasteiger partial charge >= 0.3 is 0 Å². The van der Waals surface area contributed by atoms with Crippen LogP contribution in [0, 0.1) is 5.92 Å². The van der Waals surface area contributed by atoms with Crippen LogP contribution in [0.5, 0.6) is 0 Å². The minimum absolute atomic E-state index is 0.0920. The average molecular weight is 235 g/mol. The molecule has 1 aromatic rings. The molecule has 1 aliphatic rings. The number of fused-ring (bicyclic) bond motifs is 1. The van der Waals surface area contributed by atoms with Crippen LogP contribution in [-0.4, -0.2) is 23.0 Å².